The molecule has 0 saturated carbocycles. The molecule has 2 aromatic heterocycles. The van der Waals surface area contributed by atoms with Crippen LogP contribution in [-0.2, 0) is 22.4 Å². The van der Waals surface area contributed by atoms with Crippen molar-refractivity contribution in [1.29, 1.82) is 0 Å². The van der Waals surface area contributed by atoms with Crippen molar-refractivity contribution in [3.05, 3.63) is 46.5 Å². The average Bonchev–Trinajstić information content (AvgIpc) is 3.45. The molecule has 1 aliphatic rings. The Balaban J connectivity index is 0.00000280. The van der Waals surface area contributed by atoms with E-state index in [2.05, 4.69) is 33.1 Å². The summed E-state index contributed by atoms with van der Waals surface area (Å²) in [6.45, 7) is 4.60. The predicted octanol–water partition coefficient (Wildman–Crippen LogP) is 3.82. The number of aliphatic imine (C=N–C) groups is 1. The molecule has 1 saturated heterocycles. The summed E-state index contributed by atoms with van der Waals surface area (Å²) < 4.78 is 16.7. The number of nitrogens with zero attached hydrogens (tertiary/aromatic N) is 1. The van der Waals surface area contributed by atoms with Crippen LogP contribution in [0.1, 0.15) is 29.9 Å². The first-order valence-corrected chi connectivity index (χ1v) is 10.5. The van der Waals surface area contributed by atoms with Gasteiger partial charge in [0.1, 0.15) is 5.76 Å². The van der Waals surface area contributed by atoms with Gasteiger partial charge in [-0.15, -0.1) is 35.3 Å². The zero-order valence-electron chi connectivity index (χ0n) is 16.1. The van der Waals surface area contributed by atoms with Gasteiger partial charge in [0.05, 0.1) is 25.5 Å². The van der Waals surface area contributed by atoms with E-state index < -0.39 is 0 Å². The molecule has 0 aliphatic carbocycles. The number of guanidine groups is 1. The van der Waals surface area contributed by atoms with Crippen LogP contribution in [0.25, 0.3) is 0 Å². The third-order valence-electron chi connectivity index (χ3n) is 4.30. The quantitative estimate of drug-likeness (QED) is 0.205. The molecule has 156 valence electrons. The normalized spacial score (nSPS) is 16.7. The molecule has 3 rings (SSSR count). The van der Waals surface area contributed by atoms with Gasteiger partial charge in [0.15, 0.2) is 5.96 Å². The van der Waals surface area contributed by atoms with Crippen molar-refractivity contribution in [2.24, 2.45) is 4.99 Å². The molecule has 0 amide bonds. The third kappa shape index (κ3) is 8.93. The molecule has 0 aromatic carbocycles. The highest BCUT2D eigenvalue weighted by molar-refractivity contribution is 14.0. The first-order valence-electron chi connectivity index (χ1n) is 9.66. The SMILES string of the molecule is I.c1coc(CCNC(=NCc2cccs2)NCCCOCC2CCCO2)c1. The second-order valence-corrected chi connectivity index (χ2v) is 7.52. The molecule has 1 fully saturated rings. The summed E-state index contributed by atoms with van der Waals surface area (Å²) in [5, 5.41) is 8.85. The Bertz CT molecular complexity index is 644. The monoisotopic (exact) mass is 519 g/mol. The molecule has 6 nitrogen and oxygen atoms in total. The smallest absolute Gasteiger partial charge is 0.191 e. The Morgan fingerprint density at radius 3 is 2.93 bits per heavy atom. The summed E-state index contributed by atoms with van der Waals surface area (Å²) >= 11 is 1.72. The Hall–Kier alpha value is -1.10. The molecular weight excluding hydrogens is 489 g/mol. The second kappa shape index (κ2) is 14.0. The minimum absolute atomic E-state index is 0. The lowest BCUT2D eigenvalue weighted by molar-refractivity contribution is 0.0168. The fourth-order valence-corrected chi connectivity index (χ4v) is 3.49. The van der Waals surface area contributed by atoms with Gasteiger partial charge in [-0.25, -0.2) is 4.99 Å². The van der Waals surface area contributed by atoms with Gasteiger partial charge >= 0.3 is 0 Å². The topological polar surface area (TPSA) is 68.0 Å². The molecule has 1 aliphatic heterocycles. The van der Waals surface area contributed by atoms with Gasteiger partial charge < -0.3 is 24.5 Å². The predicted molar refractivity (Wildman–Crippen MR) is 124 cm³/mol. The molecule has 1 atom stereocenters. The van der Waals surface area contributed by atoms with Crippen LogP contribution in [0.2, 0.25) is 0 Å². The molecule has 28 heavy (non-hydrogen) atoms. The fourth-order valence-electron chi connectivity index (χ4n) is 2.86. The summed E-state index contributed by atoms with van der Waals surface area (Å²) in [7, 11) is 0. The number of hydrogen-bond donors (Lipinski definition) is 2. The summed E-state index contributed by atoms with van der Waals surface area (Å²) in [6, 6.07) is 8.06. The lowest BCUT2D eigenvalue weighted by Gasteiger charge is -2.13. The van der Waals surface area contributed by atoms with Crippen molar-refractivity contribution in [1.82, 2.24) is 10.6 Å². The largest absolute Gasteiger partial charge is 0.469 e. The Kier molecular flexibility index (Phi) is 11.6. The number of nitrogens with one attached hydrogen (secondary N) is 2. The molecule has 0 bridgehead atoms. The summed E-state index contributed by atoms with van der Waals surface area (Å²) in [6.07, 6.45) is 6.04. The van der Waals surface area contributed by atoms with Crippen LogP contribution in [0.5, 0.6) is 0 Å². The number of ether oxygens (including phenoxy) is 2. The van der Waals surface area contributed by atoms with Crippen LogP contribution in [0, 0.1) is 0 Å². The van der Waals surface area contributed by atoms with Crippen molar-refractivity contribution < 1.29 is 13.9 Å². The molecular formula is C20H30IN3O3S. The number of furan rings is 1. The van der Waals surface area contributed by atoms with Gasteiger partial charge in [-0.05, 0) is 42.8 Å². The van der Waals surface area contributed by atoms with E-state index in [-0.39, 0.29) is 24.0 Å². The van der Waals surface area contributed by atoms with Crippen molar-refractivity contribution in [3.8, 4) is 0 Å². The standard InChI is InChI=1S/C20H29N3O3S.HI/c1-5-17(25-12-1)8-10-22-20(23-15-19-7-3-14-27-19)21-9-4-11-24-16-18-6-2-13-26-18;/h1,3,5,7,12,14,18H,2,4,6,8-11,13,15-16H2,(H2,21,22,23);1H. The first kappa shape index (κ1) is 23.2. The van der Waals surface area contributed by atoms with E-state index >= 15 is 0 Å². The van der Waals surface area contributed by atoms with Crippen molar-refractivity contribution in [2.75, 3.05) is 32.9 Å². The summed E-state index contributed by atoms with van der Waals surface area (Å²) in [4.78, 5) is 5.93. The lowest BCUT2D eigenvalue weighted by Crippen LogP contribution is -2.39. The summed E-state index contributed by atoms with van der Waals surface area (Å²) in [5.74, 6) is 1.80. The number of thiophene rings is 1. The maximum Gasteiger partial charge on any atom is 0.191 e. The van der Waals surface area contributed by atoms with E-state index in [1.54, 1.807) is 17.6 Å². The number of rotatable bonds is 11. The van der Waals surface area contributed by atoms with Crippen LogP contribution in [-0.4, -0.2) is 45.0 Å². The van der Waals surface area contributed by atoms with E-state index in [0.29, 0.717) is 19.3 Å². The third-order valence-corrected chi connectivity index (χ3v) is 5.16. The van der Waals surface area contributed by atoms with Crippen molar-refractivity contribution in [2.45, 2.75) is 38.3 Å². The van der Waals surface area contributed by atoms with Gasteiger partial charge in [-0.1, -0.05) is 6.07 Å². The van der Waals surface area contributed by atoms with E-state index in [1.807, 2.05) is 12.1 Å². The zero-order chi connectivity index (χ0) is 18.6. The molecule has 0 radical (unpaired) electrons. The van der Waals surface area contributed by atoms with Gasteiger partial charge in [0.2, 0.25) is 0 Å². The molecule has 1 unspecified atom stereocenters. The highest BCUT2D eigenvalue weighted by Crippen LogP contribution is 2.12. The van der Waals surface area contributed by atoms with Crippen molar-refractivity contribution in [3.63, 3.8) is 0 Å². The highest BCUT2D eigenvalue weighted by atomic mass is 127. The van der Waals surface area contributed by atoms with Crippen LogP contribution in [0.3, 0.4) is 0 Å². The summed E-state index contributed by atoms with van der Waals surface area (Å²) in [5.41, 5.74) is 0. The van der Waals surface area contributed by atoms with E-state index in [4.69, 9.17) is 13.9 Å². The Morgan fingerprint density at radius 2 is 2.18 bits per heavy atom. The second-order valence-electron chi connectivity index (χ2n) is 6.49. The maximum absolute atomic E-state index is 5.71. The first-order chi connectivity index (χ1) is 13.4. The van der Waals surface area contributed by atoms with Crippen molar-refractivity contribution >= 4 is 41.3 Å². The Morgan fingerprint density at radius 1 is 1.25 bits per heavy atom. The minimum Gasteiger partial charge on any atom is -0.469 e. The molecule has 2 N–H and O–H groups in total. The van der Waals surface area contributed by atoms with Gasteiger partial charge in [0.25, 0.3) is 0 Å². The minimum atomic E-state index is 0. The van der Waals surface area contributed by atoms with E-state index in [1.165, 1.54) is 4.88 Å². The van der Waals surface area contributed by atoms with Crippen LogP contribution in [0.15, 0.2) is 45.3 Å². The number of hydrogen-bond acceptors (Lipinski definition) is 5. The number of halogens is 1. The van der Waals surface area contributed by atoms with Crippen LogP contribution >= 0.6 is 35.3 Å². The zero-order valence-corrected chi connectivity index (χ0v) is 19.2. The molecule has 8 heteroatoms. The van der Waals surface area contributed by atoms with Gasteiger partial charge in [0, 0.05) is 37.6 Å². The van der Waals surface area contributed by atoms with Gasteiger partial charge in [-0.2, -0.15) is 0 Å². The molecule has 3 heterocycles. The van der Waals surface area contributed by atoms with Crippen LogP contribution < -0.4 is 10.6 Å². The van der Waals surface area contributed by atoms with E-state index in [9.17, 15) is 0 Å². The lowest BCUT2D eigenvalue weighted by atomic mass is 10.2. The molecule has 2 aromatic rings. The van der Waals surface area contributed by atoms with Gasteiger partial charge in [-0.3, -0.25) is 0 Å². The highest BCUT2D eigenvalue weighted by Gasteiger charge is 2.14. The average molecular weight is 519 g/mol. The van der Waals surface area contributed by atoms with Crippen LogP contribution in [0.4, 0.5) is 0 Å². The Labute approximate surface area is 188 Å². The maximum atomic E-state index is 5.71. The molecule has 0 spiro atoms. The van der Waals surface area contributed by atoms with E-state index in [0.717, 1.165) is 63.7 Å². The fraction of sp³-hybridized carbons (Fsp3) is 0.550.